The molecule has 2 aromatic carbocycles. The number of hydrogen-bond donors (Lipinski definition) is 2. The van der Waals surface area contributed by atoms with Gasteiger partial charge in [0.05, 0.1) is 29.5 Å². The van der Waals surface area contributed by atoms with Crippen LogP contribution in [0.5, 0.6) is 0 Å². The van der Waals surface area contributed by atoms with Crippen molar-refractivity contribution in [1.29, 1.82) is 0 Å². The number of thioether (sulfide) groups is 1. The first-order valence-electron chi connectivity index (χ1n) is 9.20. The molecule has 164 valence electrons. The number of morpholine rings is 1. The van der Waals surface area contributed by atoms with Crippen LogP contribution in [0, 0.1) is 11.6 Å². The van der Waals surface area contributed by atoms with E-state index < -0.39 is 38.5 Å². The van der Waals surface area contributed by atoms with E-state index in [1.807, 2.05) is 0 Å². The summed E-state index contributed by atoms with van der Waals surface area (Å²) in [5.74, 6) is -2.78. The van der Waals surface area contributed by atoms with Crippen LogP contribution in [0.4, 0.5) is 20.2 Å². The fraction of sp³-hybridized carbons (Fsp3) is 0.263. The van der Waals surface area contributed by atoms with E-state index in [9.17, 15) is 26.8 Å². The number of ether oxygens (including phenoxy) is 1. The van der Waals surface area contributed by atoms with Gasteiger partial charge in [-0.1, -0.05) is 0 Å². The average molecular weight is 469 g/mol. The summed E-state index contributed by atoms with van der Waals surface area (Å²) < 4.78 is 59.4. The van der Waals surface area contributed by atoms with E-state index in [0.717, 1.165) is 23.9 Å². The number of anilines is 2. The minimum atomic E-state index is -4.21. The van der Waals surface area contributed by atoms with Gasteiger partial charge in [0.2, 0.25) is 11.8 Å². The zero-order valence-corrected chi connectivity index (χ0v) is 17.6. The Morgan fingerprint density at radius 3 is 2.61 bits per heavy atom. The van der Waals surface area contributed by atoms with Crippen molar-refractivity contribution in [2.75, 3.05) is 36.3 Å². The van der Waals surface area contributed by atoms with Crippen molar-refractivity contribution in [3.8, 4) is 0 Å². The third-order valence-electron chi connectivity index (χ3n) is 4.72. The lowest BCUT2D eigenvalue weighted by atomic mass is 10.2. The molecule has 0 bridgehead atoms. The smallest absolute Gasteiger partial charge is 0.262 e. The van der Waals surface area contributed by atoms with Gasteiger partial charge in [0.15, 0.2) is 5.25 Å². The van der Waals surface area contributed by atoms with E-state index in [1.54, 1.807) is 4.90 Å². The molecule has 1 saturated heterocycles. The van der Waals surface area contributed by atoms with Crippen LogP contribution in [0.25, 0.3) is 0 Å². The summed E-state index contributed by atoms with van der Waals surface area (Å²) in [5.41, 5.74) is -0.183. The molecule has 4 rings (SSSR count). The highest BCUT2D eigenvalue weighted by atomic mass is 32.2. The molecule has 2 aliphatic rings. The number of carbonyl (C=O) groups excluding carboxylic acids is 2. The number of benzene rings is 2. The lowest BCUT2D eigenvalue weighted by Crippen LogP contribution is -2.49. The van der Waals surface area contributed by atoms with Crippen molar-refractivity contribution in [1.82, 2.24) is 4.90 Å². The quantitative estimate of drug-likeness (QED) is 0.664. The molecule has 2 amide bonds. The number of nitrogens with zero attached hydrogens (tertiary/aromatic N) is 1. The van der Waals surface area contributed by atoms with Gasteiger partial charge in [-0.3, -0.25) is 14.3 Å². The van der Waals surface area contributed by atoms with Gasteiger partial charge in [0.25, 0.3) is 10.0 Å². The summed E-state index contributed by atoms with van der Waals surface area (Å²) in [5, 5.41) is 1.58. The average Bonchev–Trinajstić information content (AvgIpc) is 2.75. The van der Waals surface area contributed by atoms with Gasteiger partial charge in [-0.05, 0) is 30.3 Å². The predicted molar refractivity (Wildman–Crippen MR) is 109 cm³/mol. The highest BCUT2D eigenvalue weighted by Gasteiger charge is 2.36. The summed E-state index contributed by atoms with van der Waals surface area (Å²) in [6, 6.07) is 6.43. The topological polar surface area (TPSA) is 105 Å². The number of amides is 2. The number of carbonyl (C=O) groups is 2. The van der Waals surface area contributed by atoms with Gasteiger partial charge in [0, 0.05) is 24.1 Å². The zero-order chi connectivity index (χ0) is 22.2. The minimum Gasteiger partial charge on any atom is -0.378 e. The SMILES string of the molecule is O=C1Nc2cc(S(=O)(=O)Nc3ccc(F)cc3F)ccc2S[C@H]1C(=O)N1CCOCC1. The van der Waals surface area contributed by atoms with Crippen LogP contribution in [-0.4, -0.2) is 56.7 Å². The summed E-state index contributed by atoms with van der Waals surface area (Å²) in [4.78, 5) is 27.0. The molecule has 1 atom stereocenters. The molecule has 0 saturated carbocycles. The molecule has 8 nitrogen and oxygen atoms in total. The molecule has 1 fully saturated rings. The van der Waals surface area contributed by atoms with Gasteiger partial charge in [-0.15, -0.1) is 11.8 Å². The lowest BCUT2D eigenvalue weighted by Gasteiger charge is -2.31. The van der Waals surface area contributed by atoms with Gasteiger partial charge in [0.1, 0.15) is 11.6 Å². The van der Waals surface area contributed by atoms with Crippen LogP contribution < -0.4 is 10.0 Å². The van der Waals surface area contributed by atoms with E-state index in [4.69, 9.17) is 4.74 Å². The fourth-order valence-corrected chi connectivity index (χ4v) is 5.29. The van der Waals surface area contributed by atoms with Gasteiger partial charge in [-0.2, -0.15) is 0 Å². The number of fused-ring (bicyclic) bond motifs is 1. The van der Waals surface area contributed by atoms with Crippen molar-refractivity contribution < 1.29 is 31.5 Å². The van der Waals surface area contributed by atoms with Crippen molar-refractivity contribution in [2.24, 2.45) is 0 Å². The Morgan fingerprint density at radius 2 is 1.90 bits per heavy atom. The van der Waals surface area contributed by atoms with Crippen LogP contribution in [0.2, 0.25) is 0 Å². The molecule has 2 heterocycles. The fourth-order valence-electron chi connectivity index (χ4n) is 3.14. The highest BCUT2D eigenvalue weighted by molar-refractivity contribution is 8.01. The zero-order valence-electron chi connectivity index (χ0n) is 15.9. The maximum atomic E-state index is 13.8. The maximum absolute atomic E-state index is 13.8. The molecule has 12 heteroatoms. The summed E-state index contributed by atoms with van der Waals surface area (Å²) in [6.45, 7) is 1.62. The molecule has 2 aromatic rings. The van der Waals surface area contributed by atoms with E-state index in [-0.39, 0.29) is 16.5 Å². The molecule has 0 radical (unpaired) electrons. The van der Waals surface area contributed by atoms with Crippen molar-refractivity contribution in [3.63, 3.8) is 0 Å². The van der Waals surface area contributed by atoms with E-state index in [2.05, 4.69) is 10.0 Å². The summed E-state index contributed by atoms with van der Waals surface area (Å²) in [7, 11) is -4.21. The van der Waals surface area contributed by atoms with E-state index in [1.165, 1.54) is 18.2 Å². The lowest BCUT2D eigenvalue weighted by molar-refractivity contribution is -0.137. The number of sulfonamides is 1. The Hall–Kier alpha value is -2.70. The normalized spacial score (nSPS) is 18.8. The van der Waals surface area contributed by atoms with Crippen LogP contribution in [0.3, 0.4) is 0 Å². The highest BCUT2D eigenvalue weighted by Crippen LogP contribution is 2.38. The Bertz CT molecular complexity index is 1150. The Kier molecular flexibility index (Phi) is 5.86. The second-order valence-corrected chi connectivity index (χ2v) is 9.64. The molecular weight excluding hydrogens is 452 g/mol. The standard InChI is InChI=1S/C19H17F2N3O5S2/c20-11-1-3-14(13(21)9-11)23-31(27,28)12-2-4-16-15(10-12)22-18(25)17(30-16)19(26)24-5-7-29-8-6-24/h1-4,9-10,17,23H,5-8H2,(H,22,25)/t17-/m1/s1. The van der Waals surface area contributed by atoms with Crippen molar-refractivity contribution in [2.45, 2.75) is 15.0 Å². The third kappa shape index (κ3) is 4.50. The minimum absolute atomic E-state index is 0.225. The second kappa shape index (κ2) is 8.44. The summed E-state index contributed by atoms with van der Waals surface area (Å²) in [6.07, 6.45) is 0. The number of nitrogens with one attached hydrogen (secondary N) is 2. The number of rotatable bonds is 4. The van der Waals surface area contributed by atoms with Gasteiger partial charge >= 0.3 is 0 Å². The van der Waals surface area contributed by atoms with Crippen LogP contribution >= 0.6 is 11.8 Å². The van der Waals surface area contributed by atoms with Gasteiger partial charge < -0.3 is 15.0 Å². The first-order valence-corrected chi connectivity index (χ1v) is 11.6. The number of hydrogen-bond acceptors (Lipinski definition) is 6. The van der Waals surface area contributed by atoms with Crippen LogP contribution in [0.1, 0.15) is 0 Å². The largest absolute Gasteiger partial charge is 0.378 e. The van der Waals surface area contributed by atoms with Crippen LogP contribution in [-0.2, 0) is 24.3 Å². The molecule has 31 heavy (non-hydrogen) atoms. The molecule has 2 N–H and O–H groups in total. The molecule has 0 aliphatic carbocycles. The van der Waals surface area contributed by atoms with Crippen LogP contribution in [0.15, 0.2) is 46.2 Å². The van der Waals surface area contributed by atoms with E-state index in [0.29, 0.717) is 37.3 Å². The Morgan fingerprint density at radius 1 is 1.16 bits per heavy atom. The van der Waals surface area contributed by atoms with Crippen molar-refractivity contribution >= 4 is 45.0 Å². The first kappa shape index (κ1) is 21.5. The molecule has 0 aromatic heterocycles. The molecular formula is C19H17F2N3O5S2. The first-order chi connectivity index (χ1) is 14.7. The Balaban J connectivity index is 1.54. The predicted octanol–water partition coefficient (Wildman–Crippen LogP) is 2.04. The third-order valence-corrected chi connectivity index (χ3v) is 7.35. The maximum Gasteiger partial charge on any atom is 0.262 e. The van der Waals surface area contributed by atoms with Gasteiger partial charge in [-0.25, -0.2) is 17.2 Å². The summed E-state index contributed by atoms with van der Waals surface area (Å²) >= 11 is 1.03. The monoisotopic (exact) mass is 469 g/mol. The number of halogens is 2. The van der Waals surface area contributed by atoms with Crippen molar-refractivity contribution in [3.05, 3.63) is 48.0 Å². The van der Waals surface area contributed by atoms with E-state index >= 15 is 0 Å². The second-order valence-electron chi connectivity index (χ2n) is 6.81. The Labute approximate surface area is 181 Å². The molecule has 2 aliphatic heterocycles. The molecule has 0 spiro atoms. The molecule has 0 unspecified atom stereocenters.